The smallest absolute Gasteiger partial charge is 0.416 e. The summed E-state index contributed by atoms with van der Waals surface area (Å²) in [4.78, 5) is 12.0. The van der Waals surface area contributed by atoms with Crippen LogP contribution >= 0.6 is 23.2 Å². The van der Waals surface area contributed by atoms with Crippen LogP contribution in [0, 0.1) is 0 Å². The fraction of sp³-hybridized carbons (Fsp3) is 0.0714. The van der Waals surface area contributed by atoms with Gasteiger partial charge in [-0.2, -0.15) is 13.2 Å². The van der Waals surface area contributed by atoms with Gasteiger partial charge >= 0.3 is 6.18 Å². The summed E-state index contributed by atoms with van der Waals surface area (Å²) >= 11 is 11.5. The average molecular weight is 350 g/mol. The van der Waals surface area contributed by atoms with Crippen molar-refractivity contribution in [1.82, 2.24) is 0 Å². The molecule has 22 heavy (non-hydrogen) atoms. The van der Waals surface area contributed by atoms with Gasteiger partial charge in [-0.1, -0.05) is 23.2 Å². The number of phenols is 1. The van der Waals surface area contributed by atoms with Gasteiger partial charge in [-0.25, -0.2) is 0 Å². The molecule has 0 unspecified atom stereocenters. The SMILES string of the molecule is O=C(Nc1cc(C(F)(F)F)ccc1Cl)c1cc(Cl)ccc1O. The van der Waals surface area contributed by atoms with E-state index in [0.29, 0.717) is 6.07 Å². The minimum atomic E-state index is -4.57. The number of carbonyl (C=O) groups excluding carboxylic acids is 1. The first-order valence-electron chi connectivity index (χ1n) is 5.85. The lowest BCUT2D eigenvalue weighted by Gasteiger charge is -2.12. The van der Waals surface area contributed by atoms with Crippen molar-refractivity contribution in [2.45, 2.75) is 6.18 Å². The Kier molecular flexibility index (Phi) is 4.53. The number of nitrogens with one attached hydrogen (secondary N) is 1. The van der Waals surface area contributed by atoms with Crippen molar-refractivity contribution in [2.75, 3.05) is 5.32 Å². The van der Waals surface area contributed by atoms with Crippen LogP contribution in [-0.4, -0.2) is 11.0 Å². The van der Waals surface area contributed by atoms with Crippen molar-refractivity contribution >= 4 is 34.8 Å². The number of benzene rings is 2. The molecule has 0 fully saturated rings. The van der Waals surface area contributed by atoms with Gasteiger partial charge < -0.3 is 10.4 Å². The fourth-order valence-corrected chi connectivity index (χ4v) is 2.01. The molecule has 0 aliphatic heterocycles. The molecule has 0 bridgehead atoms. The van der Waals surface area contributed by atoms with E-state index in [4.69, 9.17) is 23.2 Å². The lowest BCUT2D eigenvalue weighted by molar-refractivity contribution is -0.137. The number of alkyl halides is 3. The van der Waals surface area contributed by atoms with Gasteiger partial charge in [0.1, 0.15) is 5.75 Å². The highest BCUT2D eigenvalue weighted by Gasteiger charge is 2.31. The Labute approximate surface area is 133 Å². The Hall–Kier alpha value is -1.92. The molecule has 0 heterocycles. The molecule has 0 aromatic heterocycles. The van der Waals surface area contributed by atoms with E-state index in [2.05, 4.69) is 5.32 Å². The summed E-state index contributed by atoms with van der Waals surface area (Å²) in [6.45, 7) is 0. The molecule has 2 rings (SSSR count). The standard InChI is InChI=1S/C14H8Cl2F3NO2/c15-8-2-4-12(21)9(6-8)13(22)20-11-5-7(14(17,18)19)1-3-10(11)16/h1-6,21H,(H,20,22). The molecule has 0 spiro atoms. The normalized spacial score (nSPS) is 11.3. The van der Waals surface area contributed by atoms with E-state index in [-0.39, 0.29) is 27.0 Å². The highest BCUT2D eigenvalue weighted by atomic mass is 35.5. The molecule has 0 aliphatic carbocycles. The van der Waals surface area contributed by atoms with Crippen molar-refractivity contribution in [2.24, 2.45) is 0 Å². The highest BCUT2D eigenvalue weighted by molar-refractivity contribution is 6.34. The van der Waals surface area contributed by atoms with Gasteiger partial charge in [0.25, 0.3) is 5.91 Å². The Morgan fingerprint density at radius 3 is 2.41 bits per heavy atom. The van der Waals surface area contributed by atoms with Gasteiger partial charge in [-0.3, -0.25) is 4.79 Å². The van der Waals surface area contributed by atoms with E-state index in [1.54, 1.807) is 0 Å². The van der Waals surface area contributed by atoms with Gasteiger partial charge in [0.15, 0.2) is 0 Å². The van der Waals surface area contributed by atoms with Crippen LogP contribution in [0.5, 0.6) is 5.75 Å². The molecular formula is C14H8Cl2F3NO2. The van der Waals surface area contributed by atoms with Crippen molar-refractivity contribution in [1.29, 1.82) is 0 Å². The predicted molar refractivity (Wildman–Crippen MR) is 77.5 cm³/mol. The predicted octanol–water partition coefficient (Wildman–Crippen LogP) is 4.97. The topological polar surface area (TPSA) is 49.3 Å². The first kappa shape index (κ1) is 16.5. The van der Waals surface area contributed by atoms with Gasteiger partial charge in [0.2, 0.25) is 0 Å². The maximum Gasteiger partial charge on any atom is 0.416 e. The Morgan fingerprint density at radius 2 is 1.77 bits per heavy atom. The lowest BCUT2D eigenvalue weighted by Crippen LogP contribution is -2.14. The van der Waals surface area contributed by atoms with Gasteiger partial charge in [0.05, 0.1) is 21.8 Å². The zero-order valence-electron chi connectivity index (χ0n) is 10.7. The molecule has 2 aromatic rings. The molecule has 2 N–H and O–H groups in total. The molecule has 8 heteroatoms. The van der Waals surface area contributed by atoms with Crippen molar-refractivity contribution < 1.29 is 23.1 Å². The number of amides is 1. The number of rotatable bonds is 2. The van der Waals surface area contributed by atoms with Crippen LogP contribution < -0.4 is 5.32 Å². The molecule has 116 valence electrons. The Balaban J connectivity index is 2.34. The fourth-order valence-electron chi connectivity index (χ4n) is 1.68. The number of phenolic OH excluding ortho intramolecular Hbond substituents is 1. The minimum Gasteiger partial charge on any atom is -0.507 e. The molecular weight excluding hydrogens is 342 g/mol. The molecule has 0 aliphatic rings. The van der Waals surface area contributed by atoms with Crippen LogP contribution in [0.25, 0.3) is 0 Å². The van der Waals surface area contributed by atoms with Crippen molar-refractivity contribution in [3.05, 3.63) is 57.6 Å². The van der Waals surface area contributed by atoms with Gasteiger partial charge in [0, 0.05) is 5.02 Å². The third kappa shape index (κ3) is 3.64. The first-order chi connectivity index (χ1) is 10.2. The molecule has 0 saturated heterocycles. The largest absolute Gasteiger partial charge is 0.507 e. The van der Waals surface area contributed by atoms with E-state index in [1.165, 1.54) is 18.2 Å². The van der Waals surface area contributed by atoms with Crippen LogP contribution in [0.2, 0.25) is 10.0 Å². The second-order valence-electron chi connectivity index (χ2n) is 4.31. The number of hydrogen-bond acceptors (Lipinski definition) is 2. The summed E-state index contributed by atoms with van der Waals surface area (Å²) in [6, 6.07) is 6.29. The van der Waals surface area contributed by atoms with Crippen LogP contribution in [0.3, 0.4) is 0 Å². The van der Waals surface area contributed by atoms with Gasteiger partial charge in [-0.15, -0.1) is 0 Å². The molecule has 2 aromatic carbocycles. The molecule has 0 atom stereocenters. The first-order valence-corrected chi connectivity index (χ1v) is 6.60. The Bertz CT molecular complexity index is 733. The minimum absolute atomic E-state index is 0.0668. The summed E-state index contributed by atoms with van der Waals surface area (Å²) in [7, 11) is 0. The quantitative estimate of drug-likeness (QED) is 0.803. The summed E-state index contributed by atoms with van der Waals surface area (Å²) in [5, 5.41) is 11.9. The Morgan fingerprint density at radius 1 is 1.09 bits per heavy atom. The lowest BCUT2D eigenvalue weighted by atomic mass is 10.1. The van der Waals surface area contributed by atoms with Crippen LogP contribution in [0.1, 0.15) is 15.9 Å². The van der Waals surface area contributed by atoms with Crippen LogP contribution in [0.15, 0.2) is 36.4 Å². The maximum absolute atomic E-state index is 12.7. The summed E-state index contributed by atoms with van der Waals surface area (Å²) in [5.41, 5.74) is -1.36. The average Bonchev–Trinajstić information content (AvgIpc) is 2.42. The number of hydrogen-bond donors (Lipinski definition) is 2. The third-order valence-electron chi connectivity index (χ3n) is 2.75. The summed E-state index contributed by atoms with van der Waals surface area (Å²) in [5.74, 6) is -1.19. The zero-order chi connectivity index (χ0) is 16.5. The van der Waals surface area contributed by atoms with Gasteiger partial charge in [-0.05, 0) is 36.4 Å². The number of halogens is 5. The van der Waals surface area contributed by atoms with Crippen molar-refractivity contribution in [3.63, 3.8) is 0 Å². The maximum atomic E-state index is 12.7. The van der Waals surface area contributed by atoms with E-state index >= 15 is 0 Å². The molecule has 3 nitrogen and oxygen atoms in total. The van der Waals surface area contributed by atoms with Crippen molar-refractivity contribution in [3.8, 4) is 5.75 Å². The van der Waals surface area contributed by atoms with E-state index in [1.807, 2.05) is 0 Å². The highest BCUT2D eigenvalue weighted by Crippen LogP contribution is 2.34. The third-order valence-corrected chi connectivity index (χ3v) is 3.31. The van der Waals surface area contributed by atoms with E-state index in [0.717, 1.165) is 12.1 Å². The van der Waals surface area contributed by atoms with E-state index in [9.17, 15) is 23.1 Å². The van der Waals surface area contributed by atoms with Crippen LogP contribution in [-0.2, 0) is 6.18 Å². The molecule has 1 amide bonds. The molecule has 0 saturated carbocycles. The van der Waals surface area contributed by atoms with Crippen LogP contribution in [0.4, 0.5) is 18.9 Å². The monoisotopic (exact) mass is 349 g/mol. The number of anilines is 1. The van der Waals surface area contributed by atoms with E-state index < -0.39 is 17.6 Å². The number of carbonyl (C=O) groups is 1. The molecule has 0 radical (unpaired) electrons. The summed E-state index contributed by atoms with van der Waals surface area (Å²) in [6.07, 6.45) is -4.57. The second kappa shape index (κ2) is 6.06. The zero-order valence-corrected chi connectivity index (χ0v) is 12.2. The number of aromatic hydroxyl groups is 1. The summed E-state index contributed by atoms with van der Waals surface area (Å²) < 4.78 is 38.0. The second-order valence-corrected chi connectivity index (χ2v) is 5.15.